The van der Waals surface area contributed by atoms with E-state index in [4.69, 9.17) is 11.6 Å². The van der Waals surface area contributed by atoms with E-state index in [1.165, 1.54) is 5.56 Å². The van der Waals surface area contributed by atoms with Crippen molar-refractivity contribution in [3.05, 3.63) is 75.3 Å². The molecule has 0 aliphatic carbocycles. The lowest BCUT2D eigenvalue weighted by Gasteiger charge is -2.24. The maximum atomic E-state index is 12.3. The lowest BCUT2D eigenvalue weighted by Crippen LogP contribution is -2.25. The molecule has 4 rings (SSSR count). The second kappa shape index (κ2) is 6.38. The molecule has 2 heterocycles. The minimum absolute atomic E-state index is 0.109. The van der Waals surface area contributed by atoms with Gasteiger partial charge in [0.05, 0.1) is 17.4 Å². The van der Waals surface area contributed by atoms with Crippen LogP contribution in [0.3, 0.4) is 0 Å². The average Bonchev–Trinajstić information content (AvgIpc) is 3.03. The number of nitrogens with zero attached hydrogens (tertiary/aromatic N) is 2. The van der Waals surface area contributed by atoms with Crippen LogP contribution in [0.5, 0.6) is 0 Å². The predicted molar refractivity (Wildman–Crippen MR) is 96.2 cm³/mol. The summed E-state index contributed by atoms with van der Waals surface area (Å²) in [5.41, 5.74) is 1.86. The number of fused-ring (bicyclic) bond motifs is 1. The molecule has 1 aromatic heterocycles. The first-order valence-corrected chi connectivity index (χ1v) is 8.56. The topological polar surface area (TPSA) is 49.0 Å². The fourth-order valence-electron chi connectivity index (χ4n) is 3.50. The number of aromatic amines is 1. The van der Waals surface area contributed by atoms with E-state index in [0.29, 0.717) is 34.3 Å². The van der Waals surface area contributed by atoms with Crippen molar-refractivity contribution in [2.45, 2.75) is 25.4 Å². The monoisotopic (exact) mass is 339 g/mol. The minimum atomic E-state index is -0.109. The fourth-order valence-corrected chi connectivity index (χ4v) is 3.66. The minimum Gasteiger partial charge on any atom is -0.309 e. The molecule has 0 amide bonds. The maximum absolute atomic E-state index is 12.3. The number of rotatable bonds is 3. The molecule has 24 heavy (non-hydrogen) atoms. The van der Waals surface area contributed by atoms with Crippen LogP contribution in [0.15, 0.2) is 53.3 Å². The molecule has 1 aliphatic heterocycles. The molecular weight excluding hydrogens is 322 g/mol. The predicted octanol–water partition coefficient (Wildman–Crippen LogP) is 3.91. The highest BCUT2D eigenvalue weighted by atomic mass is 35.5. The van der Waals surface area contributed by atoms with Gasteiger partial charge >= 0.3 is 0 Å². The summed E-state index contributed by atoms with van der Waals surface area (Å²) in [7, 11) is 0. The van der Waals surface area contributed by atoms with Gasteiger partial charge in [-0.2, -0.15) is 0 Å². The number of likely N-dealkylation sites (tertiary alicyclic amines) is 1. The van der Waals surface area contributed by atoms with Crippen LogP contribution < -0.4 is 5.56 Å². The van der Waals surface area contributed by atoms with Gasteiger partial charge in [0, 0.05) is 11.1 Å². The fraction of sp³-hybridized carbons (Fsp3) is 0.263. The molecule has 4 nitrogen and oxygen atoms in total. The van der Waals surface area contributed by atoms with Crippen LogP contribution in [0.2, 0.25) is 5.02 Å². The number of hydrogen-bond donors (Lipinski definition) is 1. The van der Waals surface area contributed by atoms with Crippen LogP contribution in [0.25, 0.3) is 10.9 Å². The SMILES string of the molecule is O=c1[nH]c(CN2CCCC2c2ccccc2)nc2cc(Cl)ccc12. The third-order valence-electron chi connectivity index (χ3n) is 4.62. The molecule has 122 valence electrons. The van der Waals surface area contributed by atoms with Crippen LogP contribution in [0.1, 0.15) is 30.3 Å². The standard InChI is InChI=1S/C19H18ClN3O/c20-14-8-9-15-16(11-14)21-18(22-19(15)24)12-23-10-4-7-17(23)13-5-2-1-3-6-13/h1-3,5-6,8-9,11,17H,4,7,10,12H2,(H,21,22,24). The highest BCUT2D eigenvalue weighted by molar-refractivity contribution is 6.31. The van der Waals surface area contributed by atoms with Crippen LogP contribution >= 0.6 is 11.6 Å². The second-order valence-electron chi connectivity index (χ2n) is 6.21. The van der Waals surface area contributed by atoms with E-state index in [0.717, 1.165) is 19.4 Å². The van der Waals surface area contributed by atoms with Crippen molar-refractivity contribution in [1.82, 2.24) is 14.9 Å². The third kappa shape index (κ3) is 2.95. The Hall–Kier alpha value is -2.17. The first-order chi connectivity index (χ1) is 11.7. The smallest absolute Gasteiger partial charge is 0.258 e. The average molecular weight is 340 g/mol. The van der Waals surface area contributed by atoms with E-state index in [1.807, 2.05) is 6.07 Å². The number of benzene rings is 2. The number of nitrogens with one attached hydrogen (secondary N) is 1. The molecule has 5 heteroatoms. The molecular formula is C19H18ClN3O. The first-order valence-electron chi connectivity index (χ1n) is 8.18. The second-order valence-corrected chi connectivity index (χ2v) is 6.65. The van der Waals surface area contributed by atoms with Crippen molar-refractivity contribution in [1.29, 1.82) is 0 Å². The summed E-state index contributed by atoms with van der Waals surface area (Å²) in [6.45, 7) is 1.65. The molecule has 1 fully saturated rings. The van der Waals surface area contributed by atoms with Gasteiger partial charge in [0.2, 0.25) is 0 Å². The molecule has 0 spiro atoms. The van der Waals surface area contributed by atoms with E-state index in [-0.39, 0.29) is 5.56 Å². The zero-order valence-corrected chi connectivity index (χ0v) is 14.0. The molecule has 0 saturated carbocycles. The van der Waals surface area contributed by atoms with Gasteiger partial charge in [0.25, 0.3) is 5.56 Å². The Morgan fingerprint density at radius 1 is 1.21 bits per heavy atom. The molecule has 1 saturated heterocycles. The zero-order chi connectivity index (χ0) is 16.5. The molecule has 1 N–H and O–H groups in total. The summed E-state index contributed by atoms with van der Waals surface area (Å²) in [5.74, 6) is 0.692. The molecule has 1 atom stereocenters. The van der Waals surface area contributed by atoms with Crippen LogP contribution in [-0.2, 0) is 6.54 Å². The van der Waals surface area contributed by atoms with Crippen LogP contribution in [0.4, 0.5) is 0 Å². The van der Waals surface area contributed by atoms with Gasteiger partial charge in [0.1, 0.15) is 5.82 Å². The van der Waals surface area contributed by atoms with Gasteiger partial charge in [-0.1, -0.05) is 41.9 Å². The highest BCUT2D eigenvalue weighted by Gasteiger charge is 2.26. The van der Waals surface area contributed by atoms with Gasteiger partial charge in [-0.25, -0.2) is 4.98 Å². The van der Waals surface area contributed by atoms with Crippen molar-refractivity contribution >= 4 is 22.5 Å². The Morgan fingerprint density at radius 2 is 2.04 bits per heavy atom. The van der Waals surface area contributed by atoms with Gasteiger partial charge in [-0.15, -0.1) is 0 Å². The molecule has 0 radical (unpaired) electrons. The molecule has 2 aromatic carbocycles. The summed E-state index contributed by atoms with van der Waals surface area (Å²) in [6.07, 6.45) is 2.29. The quantitative estimate of drug-likeness (QED) is 0.787. The Morgan fingerprint density at radius 3 is 2.88 bits per heavy atom. The highest BCUT2D eigenvalue weighted by Crippen LogP contribution is 2.32. The number of halogens is 1. The summed E-state index contributed by atoms with van der Waals surface area (Å²) in [4.78, 5) is 22.2. The van der Waals surface area contributed by atoms with E-state index in [9.17, 15) is 4.79 Å². The Balaban J connectivity index is 1.65. The van der Waals surface area contributed by atoms with Crippen molar-refractivity contribution in [2.75, 3.05) is 6.54 Å². The normalized spacial score (nSPS) is 18.3. The van der Waals surface area contributed by atoms with E-state index < -0.39 is 0 Å². The van der Waals surface area contributed by atoms with Gasteiger partial charge in [-0.05, 0) is 43.1 Å². The summed E-state index contributed by atoms with van der Waals surface area (Å²) < 4.78 is 0. The van der Waals surface area contributed by atoms with Gasteiger partial charge in [-0.3, -0.25) is 9.69 Å². The lowest BCUT2D eigenvalue weighted by atomic mass is 10.0. The van der Waals surface area contributed by atoms with E-state index in [2.05, 4.69) is 39.1 Å². The zero-order valence-electron chi connectivity index (χ0n) is 13.2. The summed E-state index contributed by atoms with van der Waals surface area (Å²) in [6, 6.07) is 16.1. The van der Waals surface area contributed by atoms with Crippen molar-refractivity contribution in [3.8, 4) is 0 Å². The first kappa shape index (κ1) is 15.4. The van der Waals surface area contributed by atoms with Crippen molar-refractivity contribution in [2.24, 2.45) is 0 Å². The molecule has 1 aliphatic rings. The Bertz CT molecular complexity index is 923. The maximum Gasteiger partial charge on any atom is 0.258 e. The van der Waals surface area contributed by atoms with Crippen molar-refractivity contribution < 1.29 is 0 Å². The van der Waals surface area contributed by atoms with Crippen molar-refractivity contribution in [3.63, 3.8) is 0 Å². The number of H-pyrrole nitrogens is 1. The van der Waals surface area contributed by atoms with Crippen LogP contribution in [-0.4, -0.2) is 21.4 Å². The Kier molecular flexibility index (Phi) is 4.08. The van der Waals surface area contributed by atoms with Crippen LogP contribution in [0, 0.1) is 0 Å². The Labute approximate surface area is 145 Å². The summed E-state index contributed by atoms with van der Waals surface area (Å²) in [5, 5.41) is 1.17. The van der Waals surface area contributed by atoms with E-state index >= 15 is 0 Å². The molecule has 1 unspecified atom stereocenters. The summed E-state index contributed by atoms with van der Waals surface area (Å²) >= 11 is 6.03. The number of aromatic nitrogens is 2. The number of hydrogen-bond acceptors (Lipinski definition) is 3. The van der Waals surface area contributed by atoms with Gasteiger partial charge in [0.15, 0.2) is 0 Å². The largest absolute Gasteiger partial charge is 0.309 e. The molecule has 0 bridgehead atoms. The molecule has 3 aromatic rings. The lowest BCUT2D eigenvalue weighted by molar-refractivity contribution is 0.242. The third-order valence-corrected chi connectivity index (χ3v) is 4.85. The van der Waals surface area contributed by atoms with E-state index in [1.54, 1.807) is 18.2 Å². The van der Waals surface area contributed by atoms with Gasteiger partial charge < -0.3 is 4.98 Å².